The zero-order chi connectivity index (χ0) is 12.0. The van der Waals surface area contributed by atoms with Crippen LogP contribution < -0.4 is 5.32 Å². The predicted octanol–water partition coefficient (Wildman–Crippen LogP) is -0.468. The van der Waals surface area contributed by atoms with Gasteiger partial charge in [-0.3, -0.25) is 9.59 Å². The van der Waals surface area contributed by atoms with Crippen LogP contribution in [0.4, 0.5) is 0 Å². The first kappa shape index (κ1) is 12.5. The van der Waals surface area contributed by atoms with E-state index in [1.165, 1.54) is 4.90 Å². The molecule has 1 fully saturated rings. The monoisotopic (exact) mass is 224 g/mol. The number of nitrogens with zero attached hydrogens (tertiary/aromatic N) is 1. The van der Waals surface area contributed by atoms with Crippen molar-refractivity contribution in [2.45, 2.75) is 12.8 Å². The molecule has 0 spiro atoms. The van der Waals surface area contributed by atoms with E-state index in [1.54, 1.807) is 0 Å². The lowest BCUT2D eigenvalue weighted by atomic mass is 9.96. The number of piperidine rings is 1. The van der Waals surface area contributed by atoms with Gasteiger partial charge in [0.2, 0.25) is 5.91 Å². The van der Waals surface area contributed by atoms with Crippen LogP contribution in [0.3, 0.4) is 0 Å². The predicted molar refractivity (Wildman–Crippen MR) is 58.6 cm³/mol. The molecule has 1 heterocycles. The van der Waals surface area contributed by atoms with Gasteiger partial charge in [-0.25, -0.2) is 0 Å². The average molecular weight is 224 g/mol. The van der Waals surface area contributed by atoms with E-state index in [9.17, 15) is 9.59 Å². The summed E-state index contributed by atoms with van der Waals surface area (Å²) in [4.78, 5) is 23.8. The molecule has 0 atom stereocenters. The first-order valence-electron chi connectivity index (χ1n) is 5.30. The van der Waals surface area contributed by atoms with Crippen LogP contribution in [0.25, 0.3) is 0 Å². The Kier molecular flexibility index (Phi) is 4.80. The third-order valence-corrected chi connectivity index (χ3v) is 2.61. The van der Waals surface area contributed by atoms with Gasteiger partial charge in [-0.2, -0.15) is 0 Å². The first-order chi connectivity index (χ1) is 7.65. The number of rotatable bonds is 4. The quantitative estimate of drug-likeness (QED) is 0.634. The molecule has 1 aliphatic heterocycles. The van der Waals surface area contributed by atoms with Crippen LogP contribution in [-0.4, -0.2) is 48.1 Å². The number of carboxylic acids is 1. The Morgan fingerprint density at radius 1 is 1.44 bits per heavy atom. The highest BCUT2D eigenvalue weighted by atomic mass is 16.4. The van der Waals surface area contributed by atoms with Crippen molar-refractivity contribution in [1.82, 2.24) is 10.2 Å². The van der Waals surface area contributed by atoms with Crippen LogP contribution >= 0.6 is 0 Å². The van der Waals surface area contributed by atoms with Crippen molar-refractivity contribution < 1.29 is 14.7 Å². The molecule has 0 aromatic heterocycles. The molecule has 0 radical (unpaired) electrons. The van der Waals surface area contributed by atoms with Gasteiger partial charge in [0.25, 0.3) is 0 Å². The summed E-state index contributed by atoms with van der Waals surface area (Å²) in [5.41, 5.74) is 0. The van der Waals surface area contributed by atoms with Gasteiger partial charge in [-0.1, -0.05) is 5.92 Å². The minimum Gasteiger partial charge on any atom is -0.480 e. The van der Waals surface area contributed by atoms with E-state index in [0.29, 0.717) is 0 Å². The fourth-order valence-electron chi connectivity index (χ4n) is 1.81. The molecule has 0 aromatic carbocycles. The number of carbonyl (C=O) groups is 2. The van der Waals surface area contributed by atoms with Crippen molar-refractivity contribution in [3.8, 4) is 12.3 Å². The molecule has 5 nitrogen and oxygen atoms in total. The maximum atomic E-state index is 12.0. The maximum Gasteiger partial charge on any atom is 0.323 e. The number of carboxylic acid groups (broad SMARTS) is 1. The highest BCUT2D eigenvalue weighted by Crippen LogP contribution is 2.14. The lowest BCUT2D eigenvalue weighted by molar-refractivity contribution is -0.146. The van der Waals surface area contributed by atoms with Crippen LogP contribution in [-0.2, 0) is 9.59 Å². The number of hydrogen-bond acceptors (Lipinski definition) is 3. The van der Waals surface area contributed by atoms with Crippen LogP contribution in [0.5, 0.6) is 0 Å². The van der Waals surface area contributed by atoms with Crippen molar-refractivity contribution in [3.05, 3.63) is 0 Å². The second-order valence-corrected chi connectivity index (χ2v) is 3.82. The van der Waals surface area contributed by atoms with Gasteiger partial charge >= 0.3 is 5.97 Å². The molecule has 2 N–H and O–H groups in total. The Morgan fingerprint density at radius 2 is 2.06 bits per heavy atom. The molecule has 0 aromatic rings. The van der Waals surface area contributed by atoms with E-state index < -0.39 is 5.97 Å². The summed E-state index contributed by atoms with van der Waals surface area (Å²) in [6, 6.07) is 0. The number of nitrogens with one attached hydrogen (secondary N) is 1. The van der Waals surface area contributed by atoms with E-state index >= 15 is 0 Å². The Bertz CT molecular complexity index is 303. The summed E-state index contributed by atoms with van der Waals surface area (Å²) >= 11 is 0. The standard InChI is InChI=1S/C11H16N2O3/c1-2-7-13(8-10(14)15)11(16)9-3-5-12-6-4-9/h1,9,12H,3-8H2,(H,14,15). The van der Waals surface area contributed by atoms with Crippen LogP contribution in [0.1, 0.15) is 12.8 Å². The maximum absolute atomic E-state index is 12.0. The van der Waals surface area contributed by atoms with E-state index in [1.807, 2.05) is 0 Å². The third kappa shape index (κ3) is 3.55. The van der Waals surface area contributed by atoms with Gasteiger partial charge in [0.1, 0.15) is 6.54 Å². The van der Waals surface area contributed by atoms with E-state index in [0.717, 1.165) is 25.9 Å². The molecule has 1 amide bonds. The largest absolute Gasteiger partial charge is 0.480 e. The minimum absolute atomic E-state index is 0.0645. The Morgan fingerprint density at radius 3 is 2.56 bits per heavy atom. The summed E-state index contributed by atoms with van der Waals surface area (Å²) < 4.78 is 0. The molecule has 0 aliphatic carbocycles. The number of aliphatic carboxylic acids is 1. The fraction of sp³-hybridized carbons (Fsp3) is 0.636. The van der Waals surface area contributed by atoms with Crippen molar-refractivity contribution >= 4 is 11.9 Å². The lowest BCUT2D eigenvalue weighted by Gasteiger charge is -2.27. The van der Waals surface area contributed by atoms with Crippen molar-refractivity contribution in [2.24, 2.45) is 5.92 Å². The van der Waals surface area contributed by atoms with Gasteiger partial charge in [0.15, 0.2) is 0 Å². The minimum atomic E-state index is -1.03. The van der Waals surface area contributed by atoms with Crippen molar-refractivity contribution in [3.63, 3.8) is 0 Å². The molecule has 5 heteroatoms. The zero-order valence-electron chi connectivity index (χ0n) is 9.11. The zero-order valence-corrected chi connectivity index (χ0v) is 9.11. The molecule has 0 unspecified atom stereocenters. The molecule has 1 saturated heterocycles. The normalized spacial score (nSPS) is 16.4. The van der Waals surface area contributed by atoms with Gasteiger partial charge in [-0.05, 0) is 25.9 Å². The van der Waals surface area contributed by atoms with Crippen molar-refractivity contribution in [2.75, 3.05) is 26.2 Å². The molecule has 0 saturated carbocycles. The lowest BCUT2D eigenvalue weighted by Crippen LogP contribution is -2.43. The van der Waals surface area contributed by atoms with Gasteiger partial charge in [0, 0.05) is 5.92 Å². The smallest absolute Gasteiger partial charge is 0.323 e. The highest BCUT2D eigenvalue weighted by Gasteiger charge is 2.26. The summed E-state index contributed by atoms with van der Waals surface area (Å²) in [6.07, 6.45) is 6.62. The molecular formula is C11H16N2O3. The van der Waals surface area contributed by atoms with E-state index in [2.05, 4.69) is 11.2 Å². The third-order valence-electron chi connectivity index (χ3n) is 2.61. The fourth-order valence-corrected chi connectivity index (χ4v) is 1.81. The molecule has 16 heavy (non-hydrogen) atoms. The van der Waals surface area contributed by atoms with E-state index in [4.69, 9.17) is 11.5 Å². The molecule has 1 rings (SSSR count). The van der Waals surface area contributed by atoms with Gasteiger partial charge < -0.3 is 15.3 Å². The topological polar surface area (TPSA) is 69.6 Å². The summed E-state index contributed by atoms with van der Waals surface area (Å²) in [6.45, 7) is 1.35. The SMILES string of the molecule is C#CCN(CC(=O)O)C(=O)C1CCNCC1. The summed E-state index contributed by atoms with van der Waals surface area (Å²) in [5.74, 6) is 1.06. The first-order valence-corrected chi connectivity index (χ1v) is 5.30. The average Bonchev–Trinajstić information content (AvgIpc) is 2.28. The Labute approximate surface area is 94.8 Å². The van der Waals surface area contributed by atoms with Crippen LogP contribution in [0.15, 0.2) is 0 Å². The molecule has 88 valence electrons. The number of amides is 1. The highest BCUT2D eigenvalue weighted by molar-refractivity contribution is 5.83. The number of carbonyl (C=O) groups excluding carboxylic acids is 1. The summed E-state index contributed by atoms with van der Waals surface area (Å²) in [5, 5.41) is 11.8. The second-order valence-electron chi connectivity index (χ2n) is 3.82. The Balaban J connectivity index is 2.58. The van der Waals surface area contributed by atoms with Gasteiger partial charge in [0.05, 0.1) is 6.54 Å². The number of terminal acetylenes is 1. The molecule has 1 aliphatic rings. The van der Waals surface area contributed by atoms with Crippen molar-refractivity contribution in [1.29, 1.82) is 0 Å². The van der Waals surface area contributed by atoms with Crippen LogP contribution in [0.2, 0.25) is 0 Å². The van der Waals surface area contributed by atoms with Crippen LogP contribution in [0, 0.1) is 18.3 Å². The Hall–Kier alpha value is -1.54. The number of hydrogen-bond donors (Lipinski definition) is 2. The molecule has 0 bridgehead atoms. The van der Waals surface area contributed by atoms with Gasteiger partial charge in [-0.15, -0.1) is 6.42 Å². The van der Waals surface area contributed by atoms with E-state index in [-0.39, 0.29) is 24.9 Å². The molecular weight excluding hydrogens is 208 g/mol. The second kappa shape index (κ2) is 6.13. The summed E-state index contributed by atoms with van der Waals surface area (Å²) in [7, 11) is 0.